The quantitative estimate of drug-likeness (QED) is 0.804. The molecule has 1 N–H and O–H groups in total. The second-order valence-electron chi connectivity index (χ2n) is 4.40. The van der Waals surface area contributed by atoms with Crippen LogP contribution in [0.2, 0.25) is 0 Å². The molecule has 2 heterocycles. The summed E-state index contributed by atoms with van der Waals surface area (Å²) in [6.45, 7) is 3.95. The highest BCUT2D eigenvalue weighted by atomic mass is 32.2. The molecule has 18 heavy (non-hydrogen) atoms. The van der Waals surface area contributed by atoms with E-state index in [0.717, 1.165) is 18.8 Å². The number of hydrogen-bond acceptors (Lipinski definition) is 4. The van der Waals surface area contributed by atoms with E-state index in [1.807, 2.05) is 25.1 Å². The molecule has 5 nitrogen and oxygen atoms in total. The number of aromatic nitrogens is 1. The van der Waals surface area contributed by atoms with Gasteiger partial charge in [0.1, 0.15) is 0 Å². The first-order chi connectivity index (χ1) is 8.63. The minimum absolute atomic E-state index is 0.128. The van der Waals surface area contributed by atoms with Gasteiger partial charge in [-0.05, 0) is 12.1 Å². The Morgan fingerprint density at radius 3 is 2.72 bits per heavy atom. The van der Waals surface area contributed by atoms with Crippen LogP contribution in [0.5, 0.6) is 0 Å². The van der Waals surface area contributed by atoms with Crippen molar-refractivity contribution in [2.45, 2.75) is 19.4 Å². The number of nitrogens with zero attached hydrogens (tertiary/aromatic N) is 2. The second kappa shape index (κ2) is 5.77. The van der Waals surface area contributed by atoms with Gasteiger partial charge in [-0.2, -0.15) is 4.31 Å². The number of hydrogen-bond donors (Lipinski definition) is 1. The summed E-state index contributed by atoms with van der Waals surface area (Å²) in [4.78, 5) is 4.15. The molecule has 6 heteroatoms. The van der Waals surface area contributed by atoms with Gasteiger partial charge in [-0.1, -0.05) is 13.0 Å². The zero-order valence-electron chi connectivity index (χ0n) is 10.5. The Balaban J connectivity index is 1.97. The molecular formula is C12H19N3O2S. The third kappa shape index (κ3) is 3.07. The normalized spacial score (nSPS) is 16.8. The molecule has 0 atom stereocenters. The Kier molecular flexibility index (Phi) is 4.31. The highest BCUT2D eigenvalue weighted by molar-refractivity contribution is 7.89. The van der Waals surface area contributed by atoms with Crippen LogP contribution in [0, 0.1) is 0 Å². The predicted molar refractivity (Wildman–Crippen MR) is 70.8 cm³/mol. The van der Waals surface area contributed by atoms with Gasteiger partial charge in [0.15, 0.2) is 0 Å². The molecule has 1 aromatic rings. The number of nitrogens with one attached hydrogen (secondary N) is 1. The molecule has 0 spiro atoms. The van der Waals surface area contributed by atoms with Gasteiger partial charge < -0.3 is 5.32 Å². The van der Waals surface area contributed by atoms with Crippen LogP contribution in [0.15, 0.2) is 24.4 Å². The zero-order chi connectivity index (χ0) is 13.0. The van der Waals surface area contributed by atoms with Gasteiger partial charge in [0.2, 0.25) is 10.0 Å². The second-order valence-corrected chi connectivity index (χ2v) is 6.44. The van der Waals surface area contributed by atoms with E-state index in [4.69, 9.17) is 0 Å². The number of sulfonamides is 1. The van der Waals surface area contributed by atoms with Crippen molar-refractivity contribution in [3.05, 3.63) is 30.1 Å². The van der Waals surface area contributed by atoms with Crippen molar-refractivity contribution in [2.75, 3.05) is 25.4 Å². The van der Waals surface area contributed by atoms with Crippen molar-refractivity contribution >= 4 is 10.0 Å². The molecule has 2 rings (SSSR count). The Morgan fingerprint density at radius 1 is 1.44 bits per heavy atom. The molecule has 1 aliphatic heterocycles. The van der Waals surface area contributed by atoms with Crippen molar-refractivity contribution in [3.8, 4) is 0 Å². The Bertz CT molecular complexity index is 471. The SMILES string of the molecule is CCN(C1CNC1)S(=O)(=O)CCc1ccccn1. The monoisotopic (exact) mass is 269 g/mol. The standard InChI is InChI=1S/C12H19N3O2S/c1-2-15(12-9-13-10-12)18(16,17)8-6-11-5-3-4-7-14-11/h3-5,7,12-13H,2,6,8-10H2,1H3. The Labute approximate surface area is 108 Å². The molecule has 100 valence electrons. The lowest BCUT2D eigenvalue weighted by Crippen LogP contribution is -2.59. The molecule has 1 aliphatic rings. The predicted octanol–water partition coefficient (Wildman–Crippen LogP) is 0.248. The molecule has 0 aromatic carbocycles. The third-order valence-electron chi connectivity index (χ3n) is 3.18. The van der Waals surface area contributed by atoms with Crippen LogP contribution in [-0.4, -0.2) is 49.1 Å². The van der Waals surface area contributed by atoms with E-state index in [1.54, 1.807) is 10.5 Å². The van der Waals surface area contributed by atoms with E-state index >= 15 is 0 Å². The van der Waals surface area contributed by atoms with E-state index in [1.165, 1.54) is 0 Å². The van der Waals surface area contributed by atoms with Crippen LogP contribution >= 0.6 is 0 Å². The first kappa shape index (κ1) is 13.5. The maximum absolute atomic E-state index is 12.2. The molecule has 1 aromatic heterocycles. The summed E-state index contributed by atoms with van der Waals surface area (Å²) in [5, 5.41) is 3.10. The fourth-order valence-corrected chi connectivity index (χ4v) is 3.75. The smallest absolute Gasteiger partial charge is 0.214 e. The van der Waals surface area contributed by atoms with Gasteiger partial charge >= 0.3 is 0 Å². The third-order valence-corrected chi connectivity index (χ3v) is 5.17. The van der Waals surface area contributed by atoms with Crippen LogP contribution in [0.25, 0.3) is 0 Å². The highest BCUT2D eigenvalue weighted by Gasteiger charge is 2.32. The Hall–Kier alpha value is -0.980. The van der Waals surface area contributed by atoms with Crippen LogP contribution in [0.1, 0.15) is 12.6 Å². The van der Waals surface area contributed by atoms with Gasteiger partial charge in [0, 0.05) is 44.0 Å². The molecule has 0 saturated carbocycles. The van der Waals surface area contributed by atoms with Gasteiger partial charge in [-0.15, -0.1) is 0 Å². The molecule has 0 amide bonds. The topological polar surface area (TPSA) is 62.3 Å². The minimum Gasteiger partial charge on any atom is -0.313 e. The fourth-order valence-electron chi connectivity index (χ4n) is 2.06. The summed E-state index contributed by atoms with van der Waals surface area (Å²) in [5.74, 6) is 0.133. The first-order valence-electron chi connectivity index (χ1n) is 6.23. The lowest BCUT2D eigenvalue weighted by atomic mass is 10.2. The van der Waals surface area contributed by atoms with Gasteiger partial charge in [0.25, 0.3) is 0 Å². The van der Waals surface area contributed by atoms with Crippen LogP contribution in [-0.2, 0) is 16.4 Å². The van der Waals surface area contributed by atoms with Crippen molar-refractivity contribution < 1.29 is 8.42 Å². The van der Waals surface area contributed by atoms with Crippen molar-refractivity contribution in [1.82, 2.24) is 14.6 Å². The van der Waals surface area contributed by atoms with Crippen LogP contribution in [0.3, 0.4) is 0 Å². The van der Waals surface area contributed by atoms with Crippen molar-refractivity contribution in [3.63, 3.8) is 0 Å². The maximum atomic E-state index is 12.2. The summed E-state index contributed by atoms with van der Waals surface area (Å²) in [5.41, 5.74) is 0.823. The summed E-state index contributed by atoms with van der Waals surface area (Å²) < 4.78 is 26.1. The molecule has 1 saturated heterocycles. The highest BCUT2D eigenvalue weighted by Crippen LogP contribution is 2.12. The van der Waals surface area contributed by atoms with Gasteiger partial charge in [-0.3, -0.25) is 4.98 Å². The summed E-state index contributed by atoms with van der Waals surface area (Å²) in [6, 6.07) is 5.69. The van der Waals surface area contributed by atoms with E-state index in [9.17, 15) is 8.42 Å². The number of aryl methyl sites for hydroxylation is 1. The molecular weight excluding hydrogens is 250 g/mol. The molecule has 1 fully saturated rings. The lowest BCUT2D eigenvalue weighted by molar-refractivity contribution is 0.249. The number of pyridine rings is 1. The van der Waals surface area contributed by atoms with Gasteiger partial charge in [0.05, 0.1) is 5.75 Å². The number of likely N-dealkylation sites (N-methyl/N-ethyl adjacent to an activating group) is 1. The largest absolute Gasteiger partial charge is 0.313 e. The summed E-state index contributed by atoms with van der Waals surface area (Å²) in [6.07, 6.45) is 2.16. The van der Waals surface area contributed by atoms with E-state index in [0.29, 0.717) is 13.0 Å². The lowest BCUT2D eigenvalue weighted by Gasteiger charge is -2.36. The number of rotatable bonds is 6. The minimum atomic E-state index is -3.18. The fraction of sp³-hybridized carbons (Fsp3) is 0.583. The zero-order valence-corrected chi connectivity index (χ0v) is 11.4. The molecule has 0 bridgehead atoms. The van der Waals surface area contributed by atoms with E-state index < -0.39 is 10.0 Å². The average Bonchev–Trinajstić information content (AvgIpc) is 2.32. The van der Waals surface area contributed by atoms with Crippen LogP contribution in [0.4, 0.5) is 0 Å². The van der Waals surface area contributed by atoms with E-state index in [2.05, 4.69) is 10.3 Å². The van der Waals surface area contributed by atoms with Gasteiger partial charge in [-0.25, -0.2) is 8.42 Å². The molecule has 0 aliphatic carbocycles. The molecule has 0 radical (unpaired) electrons. The van der Waals surface area contributed by atoms with E-state index in [-0.39, 0.29) is 11.8 Å². The summed E-state index contributed by atoms with van der Waals surface area (Å²) >= 11 is 0. The Morgan fingerprint density at radius 2 is 2.22 bits per heavy atom. The average molecular weight is 269 g/mol. The van der Waals surface area contributed by atoms with Crippen molar-refractivity contribution in [2.24, 2.45) is 0 Å². The summed E-state index contributed by atoms with van der Waals surface area (Å²) in [7, 11) is -3.18. The first-order valence-corrected chi connectivity index (χ1v) is 7.84. The van der Waals surface area contributed by atoms with Crippen LogP contribution < -0.4 is 5.32 Å². The maximum Gasteiger partial charge on any atom is 0.214 e. The van der Waals surface area contributed by atoms with Crippen molar-refractivity contribution in [1.29, 1.82) is 0 Å². The molecule has 0 unspecified atom stereocenters.